The zero-order valence-corrected chi connectivity index (χ0v) is 16.2. The van der Waals surface area contributed by atoms with Gasteiger partial charge in [-0.3, -0.25) is 9.69 Å². The first-order valence-electron chi connectivity index (χ1n) is 10.1. The Morgan fingerprint density at radius 1 is 1.04 bits per heavy atom. The van der Waals surface area contributed by atoms with Crippen molar-refractivity contribution in [3.63, 3.8) is 0 Å². The molecule has 0 saturated carbocycles. The van der Waals surface area contributed by atoms with Crippen molar-refractivity contribution in [1.29, 1.82) is 0 Å². The Morgan fingerprint density at radius 3 is 2.48 bits per heavy atom. The lowest BCUT2D eigenvalue weighted by molar-refractivity contribution is 0.0583. The average molecular weight is 364 g/mol. The minimum absolute atomic E-state index is 0.182. The van der Waals surface area contributed by atoms with Crippen molar-refractivity contribution >= 4 is 5.91 Å². The van der Waals surface area contributed by atoms with Crippen LogP contribution in [0.1, 0.15) is 33.5 Å². The molecule has 0 aromatic heterocycles. The molecule has 2 aromatic carbocycles. The highest BCUT2D eigenvalue weighted by Gasteiger charge is 2.28. The summed E-state index contributed by atoms with van der Waals surface area (Å²) in [5.41, 5.74) is 4.49. The van der Waals surface area contributed by atoms with Gasteiger partial charge in [0.25, 0.3) is 5.91 Å². The molecule has 142 valence electrons. The molecule has 27 heavy (non-hydrogen) atoms. The molecule has 2 saturated heterocycles. The summed E-state index contributed by atoms with van der Waals surface area (Å²) in [6.07, 6.45) is 2.03. The number of nitrogens with zero attached hydrogens (tertiary/aromatic N) is 2. The lowest BCUT2D eigenvalue weighted by Gasteiger charge is -2.38. The number of aryl methyl sites for hydroxylation is 1. The summed E-state index contributed by atoms with van der Waals surface area (Å²) in [6.45, 7) is 7.94. The molecule has 0 spiro atoms. The van der Waals surface area contributed by atoms with Crippen LogP contribution in [0.3, 0.4) is 0 Å². The van der Waals surface area contributed by atoms with Crippen molar-refractivity contribution in [2.75, 3.05) is 39.3 Å². The molecule has 0 bridgehead atoms. The monoisotopic (exact) mass is 363 g/mol. The van der Waals surface area contributed by atoms with Crippen LogP contribution in [-0.4, -0.2) is 61.0 Å². The predicted octanol–water partition coefficient (Wildman–Crippen LogP) is 2.71. The van der Waals surface area contributed by atoms with Crippen LogP contribution in [-0.2, 0) is 6.42 Å². The van der Waals surface area contributed by atoms with E-state index in [1.807, 2.05) is 23.1 Å². The Bertz CT molecular complexity index is 772. The van der Waals surface area contributed by atoms with Gasteiger partial charge >= 0.3 is 0 Å². The SMILES string of the molecule is Cc1ccc(Cc2ccccc2C(=O)N2CCN(C3CCNC3)CC2)cc1. The number of carbonyl (C=O) groups excluding carboxylic acids is 1. The largest absolute Gasteiger partial charge is 0.336 e. The lowest BCUT2D eigenvalue weighted by atomic mass is 9.98. The Morgan fingerprint density at radius 2 is 1.78 bits per heavy atom. The lowest BCUT2D eigenvalue weighted by Crippen LogP contribution is -2.52. The molecule has 1 amide bonds. The molecule has 0 radical (unpaired) electrons. The molecule has 2 aliphatic heterocycles. The van der Waals surface area contributed by atoms with E-state index in [1.165, 1.54) is 17.5 Å². The van der Waals surface area contributed by atoms with Crippen molar-refractivity contribution in [3.05, 3.63) is 70.8 Å². The van der Waals surface area contributed by atoms with E-state index in [-0.39, 0.29) is 5.91 Å². The third-order valence-electron chi connectivity index (χ3n) is 5.92. The molecule has 4 heteroatoms. The van der Waals surface area contributed by atoms with Crippen molar-refractivity contribution < 1.29 is 4.79 Å². The van der Waals surface area contributed by atoms with Gasteiger partial charge in [-0.05, 0) is 43.5 Å². The van der Waals surface area contributed by atoms with Gasteiger partial charge in [0, 0.05) is 44.3 Å². The van der Waals surface area contributed by atoms with Crippen LogP contribution in [0.4, 0.5) is 0 Å². The average Bonchev–Trinajstić information content (AvgIpc) is 3.25. The number of hydrogen-bond donors (Lipinski definition) is 1. The summed E-state index contributed by atoms with van der Waals surface area (Å²) in [7, 11) is 0. The number of amides is 1. The van der Waals surface area contributed by atoms with E-state index < -0.39 is 0 Å². The van der Waals surface area contributed by atoms with Crippen molar-refractivity contribution in [2.24, 2.45) is 0 Å². The third-order valence-corrected chi connectivity index (χ3v) is 5.92. The van der Waals surface area contributed by atoms with E-state index in [1.54, 1.807) is 0 Å². The minimum atomic E-state index is 0.182. The van der Waals surface area contributed by atoms with Gasteiger partial charge in [-0.15, -0.1) is 0 Å². The molecule has 2 aromatic rings. The third kappa shape index (κ3) is 4.23. The number of benzene rings is 2. The van der Waals surface area contributed by atoms with Gasteiger partial charge in [0.15, 0.2) is 0 Å². The van der Waals surface area contributed by atoms with E-state index in [9.17, 15) is 4.79 Å². The number of nitrogens with one attached hydrogen (secondary N) is 1. The Balaban J connectivity index is 1.43. The van der Waals surface area contributed by atoms with Gasteiger partial charge in [0.2, 0.25) is 0 Å². The number of rotatable bonds is 4. The Labute approximate surface area is 162 Å². The first kappa shape index (κ1) is 18.2. The molecular weight excluding hydrogens is 334 g/mol. The first-order valence-corrected chi connectivity index (χ1v) is 10.1. The van der Waals surface area contributed by atoms with E-state index in [0.29, 0.717) is 6.04 Å². The highest BCUT2D eigenvalue weighted by molar-refractivity contribution is 5.95. The van der Waals surface area contributed by atoms with E-state index >= 15 is 0 Å². The van der Waals surface area contributed by atoms with Gasteiger partial charge in [-0.2, -0.15) is 0 Å². The Hall–Kier alpha value is -2.17. The van der Waals surface area contributed by atoms with Gasteiger partial charge in [-0.1, -0.05) is 48.0 Å². The van der Waals surface area contributed by atoms with Crippen LogP contribution in [0.25, 0.3) is 0 Å². The maximum Gasteiger partial charge on any atom is 0.254 e. The van der Waals surface area contributed by atoms with Gasteiger partial charge in [-0.25, -0.2) is 0 Å². The predicted molar refractivity (Wildman–Crippen MR) is 109 cm³/mol. The molecule has 0 aliphatic carbocycles. The van der Waals surface area contributed by atoms with Crippen LogP contribution in [0.2, 0.25) is 0 Å². The van der Waals surface area contributed by atoms with Crippen LogP contribution >= 0.6 is 0 Å². The molecule has 2 fully saturated rings. The van der Waals surface area contributed by atoms with Gasteiger partial charge in [0.1, 0.15) is 0 Å². The standard InChI is InChI=1S/C23H29N3O/c1-18-6-8-19(9-7-18)16-20-4-2-3-5-22(20)23(27)26-14-12-25(13-15-26)21-10-11-24-17-21/h2-9,21,24H,10-17H2,1H3. The highest BCUT2D eigenvalue weighted by atomic mass is 16.2. The van der Waals surface area contributed by atoms with E-state index in [2.05, 4.69) is 47.5 Å². The summed E-state index contributed by atoms with van der Waals surface area (Å²) in [6, 6.07) is 17.3. The van der Waals surface area contributed by atoms with E-state index in [0.717, 1.165) is 56.8 Å². The topological polar surface area (TPSA) is 35.6 Å². The summed E-state index contributed by atoms with van der Waals surface area (Å²) >= 11 is 0. The van der Waals surface area contributed by atoms with Crippen molar-refractivity contribution in [2.45, 2.75) is 25.8 Å². The van der Waals surface area contributed by atoms with Crippen LogP contribution in [0, 0.1) is 6.92 Å². The zero-order chi connectivity index (χ0) is 18.6. The maximum atomic E-state index is 13.2. The second-order valence-corrected chi connectivity index (χ2v) is 7.79. The molecule has 1 atom stereocenters. The van der Waals surface area contributed by atoms with Crippen molar-refractivity contribution in [3.8, 4) is 0 Å². The molecule has 4 rings (SSSR count). The summed E-state index contributed by atoms with van der Waals surface area (Å²) in [4.78, 5) is 17.8. The number of piperazine rings is 1. The fourth-order valence-corrected chi connectivity index (χ4v) is 4.22. The molecule has 4 nitrogen and oxygen atoms in total. The smallest absolute Gasteiger partial charge is 0.254 e. The highest BCUT2D eigenvalue weighted by Crippen LogP contribution is 2.19. The summed E-state index contributed by atoms with van der Waals surface area (Å²) in [5, 5.41) is 3.44. The van der Waals surface area contributed by atoms with Gasteiger partial charge < -0.3 is 10.2 Å². The molecule has 2 aliphatic rings. The fourth-order valence-electron chi connectivity index (χ4n) is 4.22. The molecular formula is C23H29N3O. The molecule has 2 heterocycles. The maximum absolute atomic E-state index is 13.2. The van der Waals surface area contributed by atoms with Crippen molar-refractivity contribution in [1.82, 2.24) is 15.1 Å². The molecule has 1 N–H and O–H groups in total. The van der Waals surface area contributed by atoms with Crippen LogP contribution in [0.15, 0.2) is 48.5 Å². The summed E-state index contributed by atoms with van der Waals surface area (Å²) < 4.78 is 0. The van der Waals surface area contributed by atoms with Gasteiger partial charge in [0.05, 0.1) is 0 Å². The number of carbonyl (C=O) groups is 1. The Kier molecular flexibility index (Phi) is 5.55. The zero-order valence-electron chi connectivity index (χ0n) is 16.2. The molecule has 1 unspecified atom stereocenters. The fraction of sp³-hybridized carbons (Fsp3) is 0.435. The quantitative estimate of drug-likeness (QED) is 0.907. The normalized spacial score (nSPS) is 20.8. The first-order chi connectivity index (χ1) is 13.2. The van der Waals surface area contributed by atoms with Crippen LogP contribution < -0.4 is 5.32 Å². The van der Waals surface area contributed by atoms with Crippen LogP contribution in [0.5, 0.6) is 0 Å². The minimum Gasteiger partial charge on any atom is -0.336 e. The second kappa shape index (κ2) is 8.24. The number of hydrogen-bond acceptors (Lipinski definition) is 3. The summed E-state index contributed by atoms with van der Waals surface area (Å²) in [5.74, 6) is 0.182. The second-order valence-electron chi connectivity index (χ2n) is 7.79. The van der Waals surface area contributed by atoms with E-state index in [4.69, 9.17) is 0 Å².